The van der Waals surface area contributed by atoms with Crippen molar-refractivity contribution in [1.82, 2.24) is 9.80 Å². The molecular weight excluding hydrogens is 295 g/mol. The Labute approximate surface area is 117 Å². The van der Waals surface area contributed by atoms with Gasteiger partial charge in [-0.2, -0.15) is 0 Å². The molecule has 0 N–H and O–H groups in total. The molecule has 0 radical (unpaired) electrons. The summed E-state index contributed by atoms with van der Waals surface area (Å²) in [7, 11) is 2.15. The first kappa shape index (κ1) is 14.0. The first-order valence-corrected chi connectivity index (χ1v) is 7.22. The maximum absolute atomic E-state index is 13.8. The summed E-state index contributed by atoms with van der Waals surface area (Å²) >= 11 is 3.29. The molecule has 1 aliphatic heterocycles. The Kier molecular flexibility index (Phi) is 4.76. The number of hydrogen-bond donors (Lipinski definition) is 0. The van der Waals surface area contributed by atoms with Crippen LogP contribution in [-0.2, 0) is 6.54 Å². The van der Waals surface area contributed by atoms with Gasteiger partial charge < -0.3 is 4.90 Å². The average Bonchev–Trinajstić information content (AvgIpc) is 2.44. The van der Waals surface area contributed by atoms with Crippen LogP contribution >= 0.6 is 15.9 Å². The van der Waals surface area contributed by atoms with E-state index in [1.165, 1.54) is 0 Å². The minimum absolute atomic E-state index is 0.117. The minimum atomic E-state index is -0.117. The molecule has 18 heavy (non-hydrogen) atoms. The molecule has 2 nitrogen and oxygen atoms in total. The molecule has 0 amide bonds. The number of benzene rings is 1. The fourth-order valence-electron chi connectivity index (χ4n) is 2.53. The summed E-state index contributed by atoms with van der Waals surface area (Å²) in [6.45, 7) is 6.15. The Balaban J connectivity index is 2.07. The first-order valence-electron chi connectivity index (χ1n) is 6.43. The molecule has 1 aromatic rings. The Hall–Kier alpha value is -0.450. The van der Waals surface area contributed by atoms with E-state index in [1.807, 2.05) is 12.1 Å². The van der Waals surface area contributed by atoms with Gasteiger partial charge in [0.15, 0.2) is 0 Å². The fourth-order valence-corrected chi connectivity index (χ4v) is 2.86. The molecule has 1 aromatic carbocycles. The third-order valence-electron chi connectivity index (χ3n) is 3.57. The quantitative estimate of drug-likeness (QED) is 0.827. The second-order valence-electron chi connectivity index (χ2n) is 5.17. The van der Waals surface area contributed by atoms with E-state index in [9.17, 15) is 4.39 Å². The van der Waals surface area contributed by atoms with Gasteiger partial charge in [0.1, 0.15) is 5.82 Å². The van der Waals surface area contributed by atoms with Crippen LogP contribution in [0.15, 0.2) is 22.7 Å². The lowest BCUT2D eigenvalue weighted by Crippen LogP contribution is -2.37. The zero-order chi connectivity index (χ0) is 13.1. The van der Waals surface area contributed by atoms with Crippen molar-refractivity contribution in [3.63, 3.8) is 0 Å². The van der Waals surface area contributed by atoms with Crippen LogP contribution in [0.3, 0.4) is 0 Å². The predicted molar refractivity (Wildman–Crippen MR) is 76.1 cm³/mol. The van der Waals surface area contributed by atoms with E-state index in [2.05, 4.69) is 39.7 Å². The van der Waals surface area contributed by atoms with Crippen molar-refractivity contribution < 1.29 is 4.39 Å². The van der Waals surface area contributed by atoms with E-state index >= 15 is 0 Å². The lowest BCUT2D eigenvalue weighted by molar-refractivity contribution is 0.192. The Morgan fingerprint density at radius 2 is 2.17 bits per heavy atom. The number of halogens is 2. The summed E-state index contributed by atoms with van der Waals surface area (Å²) in [5.74, 6) is -0.117. The summed E-state index contributed by atoms with van der Waals surface area (Å²) in [4.78, 5) is 4.72. The largest absolute Gasteiger partial charge is 0.305 e. The van der Waals surface area contributed by atoms with Crippen LogP contribution < -0.4 is 0 Å². The number of hydrogen-bond acceptors (Lipinski definition) is 2. The zero-order valence-corrected chi connectivity index (χ0v) is 12.6. The molecule has 1 atom stereocenters. The van der Waals surface area contributed by atoms with Crippen molar-refractivity contribution in [1.29, 1.82) is 0 Å². The molecule has 1 fully saturated rings. The lowest BCUT2D eigenvalue weighted by atomic mass is 10.1. The summed E-state index contributed by atoms with van der Waals surface area (Å²) in [5.41, 5.74) is 0.787. The normalized spacial score (nSPS) is 23.0. The van der Waals surface area contributed by atoms with Gasteiger partial charge in [-0.3, -0.25) is 4.90 Å². The number of rotatable bonds is 2. The predicted octanol–water partition coefficient (Wildman–Crippen LogP) is 3.11. The monoisotopic (exact) mass is 314 g/mol. The molecule has 1 aliphatic rings. The van der Waals surface area contributed by atoms with Gasteiger partial charge in [-0.1, -0.05) is 22.0 Å². The molecule has 100 valence electrons. The average molecular weight is 315 g/mol. The van der Waals surface area contributed by atoms with Gasteiger partial charge in [-0.15, -0.1) is 0 Å². The molecule has 0 saturated carbocycles. The van der Waals surface area contributed by atoms with Crippen molar-refractivity contribution in [3.05, 3.63) is 34.1 Å². The van der Waals surface area contributed by atoms with Crippen LogP contribution in [0.25, 0.3) is 0 Å². The Bertz CT molecular complexity index is 411. The van der Waals surface area contributed by atoms with Crippen molar-refractivity contribution >= 4 is 15.9 Å². The van der Waals surface area contributed by atoms with Gasteiger partial charge in [-0.25, -0.2) is 4.39 Å². The first-order chi connectivity index (χ1) is 8.56. The number of likely N-dealkylation sites (N-methyl/N-ethyl adjacent to an activating group) is 1. The van der Waals surface area contributed by atoms with Gasteiger partial charge >= 0.3 is 0 Å². The van der Waals surface area contributed by atoms with E-state index in [0.29, 0.717) is 12.6 Å². The molecule has 1 heterocycles. The minimum Gasteiger partial charge on any atom is -0.305 e. The SMILES string of the molecule is CC1CN(C)CCCN1Cc1ccc(Br)cc1F. The molecule has 4 heteroatoms. The highest BCUT2D eigenvalue weighted by Crippen LogP contribution is 2.19. The van der Waals surface area contributed by atoms with Gasteiger partial charge in [0.25, 0.3) is 0 Å². The molecule has 1 unspecified atom stereocenters. The second-order valence-corrected chi connectivity index (χ2v) is 6.09. The maximum atomic E-state index is 13.8. The van der Waals surface area contributed by atoms with E-state index in [0.717, 1.165) is 36.1 Å². The Morgan fingerprint density at radius 3 is 2.89 bits per heavy atom. The maximum Gasteiger partial charge on any atom is 0.128 e. The summed E-state index contributed by atoms with van der Waals surface area (Å²) in [6, 6.07) is 5.80. The number of nitrogens with zero attached hydrogens (tertiary/aromatic N) is 2. The van der Waals surface area contributed by atoms with Gasteiger partial charge in [0.2, 0.25) is 0 Å². The van der Waals surface area contributed by atoms with Crippen LogP contribution in [0.1, 0.15) is 18.9 Å². The highest BCUT2D eigenvalue weighted by molar-refractivity contribution is 9.10. The third kappa shape index (κ3) is 3.53. The van der Waals surface area contributed by atoms with Gasteiger partial charge in [-0.05, 0) is 39.1 Å². The van der Waals surface area contributed by atoms with Crippen LogP contribution in [0.4, 0.5) is 4.39 Å². The van der Waals surface area contributed by atoms with Crippen LogP contribution in [0, 0.1) is 5.82 Å². The summed E-state index contributed by atoms with van der Waals surface area (Å²) in [6.07, 6.45) is 1.15. The smallest absolute Gasteiger partial charge is 0.128 e. The molecule has 0 aliphatic carbocycles. The third-order valence-corrected chi connectivity index (χ3v) is 4.07. The van der Waals surface area contributed by atoms with E-state index < -0.39 is 0 Å². The highest BCUT2D eigenvalue weighted by Gasteiger charge is 2.20. The van der Waals surface area contributed by atoms with Crippen molar-refractivity contribution in [2.75, 3.05) is 26.7 Å². The van der Waals surface area contributed by atoms with E-state index in [4.69, 9.17) is 0 Å². The van der Waals surface area contributed by atoms with Crippen molar-refractivity contribution in [3.8, 4) is 0 Å². The lowest BCUT2D eigenvalue weighted by Gasteiger charge is -2.28. The van der Waals surface area contributed by atoms with Gasteiger partial charge in [0, 0.05) is 35.7 Å². The van der Waals surface area contributed by atoms with Crippen LogP contribution in [-0.4, -0.2) is 42.5 Å². The van der Waals surface area contributed by atoms with Gasteiger partial charge in [0.05, 0.1) is 0 Å². The van der Waals surface area contributed by atoms with Crippen LogP contribution in [0.5, 0.6) is 0 Å². The molecule has 2 rings (SSSR count). The van der Waals surface area contributed by atoms with Crippen LogP contribution in [0.2, 0.25) is 0 Å². The fraction of sp³-hybridized carbons (Fsp3) is 0.571. The van der Waals surface area contributed by atoms with Crippen molar-refractivity contribution in [2.24, 2.45) is 0 Å². The Morgan fingerprint density at radius 1 is 1.39 bits per heavy atom. The van der Waals surface area contributed by atoms with Crippen molar-refractivity contribution in [2.45, 2.75) is 25.9 Å². The molecule has 1 saturated heterocycles. The summed E-state index contributed by atoms with van der Waals surface area (Å²) < 4.78 is 14.6. The zero-order valence-electron chi connectivity index (χ0n) is 11.0. The highest BCUT2D eigenvalue weighted by atomic mass is 79.9. The molecular formula is C14H20BrFN2. The topological polar surface area (TPSA) is 6.48 Å². The van der Waals surface area contributed by atoms with E-state index in [1.54, 1.807) is 6.07 Å². The van der Waals surface area contributed by atoms with E-state index in [-0.39, 0.29) is 5.82 Å². The second kappa shape index (κ2) is 6.13. The standard InChI is InChI=1S/C14H20BrFN2/c1-11-9-17(2)6-3-7-18(11)10-12-4-5-13(15)8-14(12)16/h4-5,8,11H,3,6-7,9-10H2,1-2H3. The molecule has 0 aromatic heterocycles. The molecule has 0 spiro atoms. The molecule has 0 bridgehead atoms. The summed E-state index contributed by atoms with van der Waals surface area (Å²) in [5, 5.41) is 0.